The van der Waals surface area contributed by atoms with E-state index in [0.717, 1.165) is 95.6 Å². The predicted octanol–water partition coefficient (Wildman–Crippen LogP) is 11.1. The Kier molecular flexibility index (Phi) is 15.2. The summed E-state index contributed by atoms with van der Waals surface area (Å²) in [5.41, 5.74) is 20.3. The summed E-state index contributed by atoms with van der Waals surface area (Å²) in [5.74, 6) is 2.61. The molecule has 2 heterocycles. The molecule has 0 spiro atoms. The van der Waals surface area contributed by atoms with Gasteiger partial charge in [0.15, 0.2) is 5.56 Å². The van der Waals surface area contributed by atoms with Crippen molar-refractivity contribution in [2.45, 2.75) is 132 Å². The number of hydrogen-bond donors (Lipinski definition) is 5. The Hall–Kier alpha value is -4.43. The van der Waals surface area contributed by atoms with Crippen LogP contribution in [0.15, 0.2) is 98.7 Å². The minimum absolute atomic E-state index is 0.193. The largest absolute Gasteiger partial charge is 0.493 e. The Morgan fingerprint density at radius 3 is 1.66 bits per heavy atom. The van der Waals surface area contributed by atoms with Gasteiger partial charge in [-0.25, -0.2) is 0 Å². The lowest BCUT2D eigenvalue weighted by atomic mass is 9.84. The van der Waals surface area contributed by atoms with E-state index in [1.807, 2.05) is 36.4 Å². The van der Waals surface area contributed by atoms with Gasteiger partial charge in [-0.15, -0.1) is 0 Å². The number of carbonyl (C=O) groups is 1. The summed E-state index contributed by atoms with van der Waals surface area (Å²) < 4.78 is 3.56. The molecule has 1 atom stereocenters. The highest BCUT2D eigenvalue weighted by atomic mass is 79.9. The van der Waals surface area contributed by atoms with Gasteiger partial charge < -0.3 is 31.5 Å². The molecule has 1 saturated heterocycles. The molecule has 11 rings (SSSR count). The number of aromatic hydroxyl groups is 1. The first kappa shape index (κ1) is 47.1. The zero-order chi connectivity index (χ0) is 45.8. The molecule has 5 saturated carbocycles. The number of para-hydroxylation sites is 3. The van der Waals surface area contributed by atoms with E-state index in [-0.39, 0.29) is 17.3 Å². The number of hydrogen-bond acceptors (Lipinski definition) is 8. The van der Waals surface area contributed by atoms with Gasteiger partial charge in [0, 0.05) is 40.1 Å². The molecule has 0 unspecified atom stereocenters. The van der Waals surface area contributed by atoms with Crippen LogP contribution in [0.5, 0.6) is 5.88 Å². The first-order valence-corrected chi connectivity index (χ1v) is 25.3. The van der Waals surface area contributed by atoms with E-state index in [1.165, 1.54) is 53.5 Å². The number of amides is 1. The van der Waals surface area contributed by atoms with Crippen molar-refractivity contribution in [1.29, 1.82) is 0 Å². The summed E-state index contributed by atoms with van der Waals surface area (Å²) in [7, 11) is -1.04. The Labute approximate surface area is 400 Å². The lowest BCUT2D eigenvalue weighted by Gasteiger charge is -2.22. The fraction of sp³-hybridized carbons (Fsp3) is 0.442. The van der Waals surface area contributed by atoms with Crippen molar-refractivity contribution in [1.82, 2.24) is 14.5 Å². The Balaban J connectivity index is 0.000000164. The number of anilines is 2. The minimum Gasteiger partial charge on any atom is -0.493 e. The van der Waals surface area contributed by atoms with Crippen LogP contribution in [0.4, 0.5) is 11.4 Å². The standard InChI is InChI=1S/C31H35N3O3.C12H15N.C6H5Br2N.C3H7BO2/c1-2-3-12-26-32-29(35)27(30(36)33-18-17-23(19-33)20-8-5-4-6-9-20)31(37)34(26)28-24(21-13-14-21)10-7-11-25(28)22-15-16-22;13-12-10(8-4-5-8)2-1-3-11(12)9-6-7-9;7-4-2-1-3-5(8)6(4)9;5-4(6)3-1-2-3/h4-11,21-23,35H,2-3,12-19H2,1H3;1-3,8-9H,4-7,13H2;1-3H,9H2;3,5-6H,1-2H2/t23-;;;/m0.../s1. The maximum atomic E-state index is 14.2. The molecule has 4 aromatic carbocycles. The smallest absolute Gasteiger partial charge is 0.454 e. The minimum atomic E-state index is -1.04. The first-order valence-electron chi connectivity index (χ1n) is 23.7. The summed E-state index contributed by atoms with van der Waals surface area (Å²) in [4.78, 5) is 34.2. The average Bonchev–Trinajstić information content (AvgIpc) is 4.08. The summed E-state index contributed by atoms with van der Waals surface area (Å²) in [5, 5.41) is 27.5. The number of likely N-dealkylation sites (tertiary alicyclic amines) is 1. The number of benzene rings is 4. The van der Waals surface area contributed by atoms with Crippen LogP contribution < -0.4 is 17.0 Å². The molecule has 7 N–H and O–H groups in total. The van der Waals surface area contributed by atoms with Crippen LogP contribution >= 0.6 is 31.9 Å². The van der Waals surface area contributed by atoms with Gasteiger partial charge in [-0.3, -0.25) is 14.2 Å². The van der Waals surface area contributed by atoms with E-state index in [9.17, 15) is 14.7 Å². The van der Waals surface area contributed by atoms with E-state index in [0.29, 0.717) is 37.2 Å². The summed E-state index contributed by atoms with van der Waals surface area (Å²) in [6.45, 7) is 3.19. The third-order valence-corrected chi connectivity index (χ3v) is 14.8. The van der Waals surface area contributed by atoms with E-state index in [4.69, 9.17) is 21.5 Å². The Morgan fingerprint density at radius 2 is 1.20 bits per heavy atom. The molecule has 10 nitrogen and oxygen atoms in total. The molecule has 1 aromatic heterocycles. The molecule has 65 heavy (non-hydrogen) atoms. The average molecular weight is 1010 g/mol. The van der Waals surface area contributed by atoms with E-state index in [2.05, 4.69) is 92.3 Å². The summed E-state index contributed by atoms with van der Waals surface area (Å²) >= 11 is 6.58. The van der Waals surface area contributed by atoms with Crippen LogP contribution in [0.2, 0.25) is 5.82 Å². The second-order valence-corrected chi connectivity index (χ2v) is 20.4. The van der Waals surface area contributed by atoms with E-state index < -0.39 is 24.5 Å². The van der Waals surface area contributed by atoms with Crippen molar-refractivity contribution in [3.8, 4) is 11.6 Å². The highest BCUT2D eigenvalue weighted by molar-refractivity contribution is 9.11. The second-order valence-electron chi connectivity index (χ2n) is 18.7. The molecular formula is C52H62BBr2N5O5. The molecule has 0 bridgehead atoms. The number of nitrogens with zero attached hydrogens (tertiary/aromatic N) is 3. The second kappa shape index (κ2) is 21.0. The number of nitrogens with two attached hydrogens (primary N) is 2. The van der Waals surface area contributed by atoms with Gasteiger partial charge in [-0.2, -0.15) is 4.98 Å². The van der Waals surface area contributed by atoms with Crippen molar-refractivity contribution in [3.05, 3.63) is 143 Å². The zero-order valence-corrected chi connectivity index (χ0v) is 40.5. The lowest BCUT2D eigenvalue weighted by molar-refractivity contribution is 0.0784. The molecule has 1 amide bonds. The number of aromatic nitrogens is 2. The normalized spacial score (nSPS) is 18.7. The summed E-state index contributed by atoms with van der Waals surface area (Å²) in [6.07, 6.45) is 15.1. The fourth-order valence-electron chi connectivity index (χ4n) is 8.87. The highest BCUT2D eigenvalue weighted by Crippen LogP contribution is 2.50. The quantitative estimate of drug-likeness (QED) is 0.0644. The van der Waals surface area contributed by atoms with Crippen molar-refractivity contribution in [2.24, 2.45) is 0 Å². The molecule has 6 fully saturated rings. The Bertz CT molecular complexity index is 2440. The number of carbonyl (C=O) groups excluding carboxylic acids is 1. The van der Waals surface area contributed by atoms with Gasteiger partial charge in [-0.1, -0.05) is 99.0 Å². The molecule has 342 valence electrons. The predicted molar refractivity (Wildman–Crippen MR) is 268 cm³/mol. The molecule has 1 aliphatic heterocycles. The number of halogens is 2. The highest BCUT2D eigenvalue weighted by Gasteiger charge is 2.37. The number of rotatable bonds is 11. The van der Waals surface area contributed by atoms with Crippen LogP contribution in [0, 0.1) is 0 Å². The third-order valence-electron chi connectivity index (χ3n) is 13.5. The van der Waals surface area contributed by atoms with Crippen LogP contribution in [-0.2, 0) is 6.42 Å². The molecule has 0 radical (unpaired) electrons. The van der Waals surface area contributed by atoms with Crippen molar-refractivity contribution >= 4 is 56.3 Å². The molecule has 6 aliphatic rings. The van der Waals surface area contributed by atoms with Crippen LogP contribution in [0.25, 0.3) is 5.69 Å². The Morgan fingerprint density at radius 1 is 0.692 bits per heavy atom. The van der Waals surface area contributed by atoms with Gasteiger partial charge in [-0.05, 0) is 166 Å². The maximum Gasteiger partial charge on any atom is 0.454 e. The SMILES string of the molecule is CCCCc1nc(O)c(C(=O)N2CC[C@H](c3ccccc3)C2)c(=O)n1-c1c(C2CC2)cccc1C1CC1.Nc1c(Br)cccc1Br.Nc1c(C2CC2)cccc1C1CC1.OB(O)C1CC1. The molecular weight excluding hydrogens is 945 g/mol. The number of nitrogen functional groups attached to an aromatic ring is 2. The monoisotopic (exact) mass is 1010 g/mol. The van der Waals surface area contributed by atoms with E-state index >= 15 is 0 Å². The van der Waals surface area contributed by atoms with E-state index in [1.54, 1.807) is 9.47 Å². The van der Waals surface area contributed by atoms with Gasteiger partial charge in [0.25, 0.3) is 11.5 Å². The maximum absolute atomic E-state index is 14.2. The van der Waals surface area contributed by atoms with Crippen LogP contribution in [-0.4, -0.2) is 55.7 Å². The van der Waals surface area contributed by atoms with Gasteiger partial charge in [0.2, 0.25) is 5.88 Å². The topological polar surface area (TPSA) is 168 Å². The van der Waals surface area contributed by atoms with Gasteiger partial charge in [0.1, 0.15) is 5.82 Å². The molecule has 5 aromatic rings. The molecule has 5 aliphatic carbocycles. The van der Waals surface area contributed by atoms with Crippen LogP contribution in [0.3, 0.4) is 0 Å². The zero-order valence-electron chi connectivity index (χ0n) is 37.3. The van der Waals surface area contributed by atoms with Crippen molar-refractivity contribution in [2.75, 3.05) is 24.6 Å². The fourth-order valence-corrected chi connectivity index (χ4v) is 9.86. The summed E-state index contributed by atoms with van der Waals surface area (Å²) in [6, 6.07) is 28.9. The lowest BCUT2D eigenvalue weighted by Crippen LogP contribution is -2.37. The van der Waals surface area contributed by atoms with Crippen LogP contribution in [0.1, 0.15) is 164 Å². The van der Waals surface area contributed by atoms with Crippen molar-refractivity contribution in [3.63, 3.8) is 0 Å². The van der Waals surface area contributed by atoms with Gasteiger partial charge in [0.05, 0.1) is 11.4 Å². The van der Waals surface area contributed by atoms with Gasteiger partial charge >= 0.3 is 7.12 Å². The molecule has 13 heteroatoms. The first-order chi connectivity index (χ1) is 31.4. The van der Waals surface area contributed by atoms with Crippen molar-refractivity contribution < 1.29 is 19.9 Å². The number of unbranched alkanes of at least 4 members (excludes halogenated alkanes) is 1. The third kappa shape index (κ3) is 11.8. The number of aryl methyl sites for hydroxylation is 1.